The monoisotopic (exact) mass is 259 g/mol. The largest absolute Gasteiger partial charge is 0.372 e. The van der Waals surface area contributed by atoms with Crippen molar-refractivity contribution in [3.05, 3.63) is 59.7 Å². The number of rotatable bonds is 5. The highest BCUT2D eigenvalue weighted by Gasteiger charge is 2.12. The van der Waals surface area contributed by atoms with Gasteiger partial charge in [0.15, 0.2) is 0 Å². The summed E-state index contributed by atoms with van der Waals surface area (Å²) < 4.78 is 13.9. The molecule has 2 aromatic rings. The van der Waals surface area contributed by atoms with E-state index in [9.17, 15) is 4.39 Å². The molecule has 1 aromatic heterocycles. The number of benzene rings is 1. The first-order chi connectivity index (χ1) is 9.22. The van der Waals surface area contributed by atoms with E-state index in [-0.39, 0.29) is 5.82 Å². The van der Waals surface area contributed by atoms with Gasteiger partial charge in [-0.05, 0) is 23.8 Å². The summed E-state index contributed by atoms with van der Waals surface area (Å²) in [5.41, 5.74) is 8.07. The van der Waals surface area contributed by atoms with Crippen LogP contribution in [0.3, 0.4) is 0 Å². The Morgan fingerprint density at radius 3 is 2.74 bits per heavy atom. The molecule has 0 atom stereocenters. The maximum atomic E-state index is 13.9. The number of aromatic nitrogens is 1. The summed E-state index contributed by atoms with van der Waals surface area (Å²) in [7, 11) is 1.88. The van der Waals surface area contributed by atoms with Crippen LogP contribution in [0, 0.1) is 5.82 Å². The molecule has 2 rings (SSSR count). The molecule has 0 amide bonds. The molecule has 3 nitrogen and oxygen atoms in total. The van der Waals surface area contributed by atoms with E-state index in [2.05, 4.69) is 4.98 Å². The molecule has 100 valence electrons. The fraction of sp³-hybridized carbons (Fsp3) is 0.267. The molecule has 0 aliphatic carbocycles. The van der Waals surface area contributed by atoms with Crippen LogP contribution in [-0.2, 0) is 13.0 Å². The fourth-order valence-electron chi connectivity index (χ4n) is 2.09. The standard InChI is InChI=1S/C15H18FN3/c1-19(10-8-13-6-2-3-9-18-13)15-12(11-17)5-4-7-14(15)16/h2-7,9H,8,10-11,17H2,1H3. The van der Waals surface area contributed by atoms with Gasteiger partial charge < -0.3 is 10.6 Å². The number of para-hydroxylation sites is 1. The van der Waals surface area contributed by atoms with Gasteiger partial charge in [-0.2, -0.15) is 0 Å². The second-order valence-corrected chi connectivity index (χ2v) is 4.44. The Balaban J connectivity index is 2.10. The van der Waals surface area contributed by atoms with Crippen LogP contribution in [0.5, 0.6) is 0 Å². The van der Waals surface area contributed by atoms with Gasteiger partial charge in [0.1, 0.15) is 5.82 Å². The Morgan fingerprint density at radius 1 is 1.21 bits per heavy atom. The molecule has 19 heavy (non-hydrogen) atoms. The zero-order valence-electron chi connectivity index (χ0n) is 11.0. The summed E-state index contributed by atoms with van der Waals surface area (Å²) in [6, 6.07) is 10.8. The van der Waals surface area contributed by atoms with Crippen molar-refractivity contribution in [3.8, 4) is 0 Å². The van der Waals surface area contributed by atoms with Crippen molar-refractivity contribution >= 4 is 5.69 Å². The van der Waals surface area contributed by atoms with E-state index in [1.54, 1.807) is 12.3 Å². The molecule has 0 fully saturated rings. The molecule has 2 N–H and O–H groups in total. The van der Waals surface area contributed by atoms with Gasteiger partial charge in [-0.1, -0.05) is 18.2 Å². The Kier molecular flexibility index (Phi) is 4.47. The van der Waals surface area contributed by atoms with Crippen molar-refractivity contribution < 1.29 is 4.39 Å². The number of hydrogen-bond acceptors (Lipinski definition) is 3. The summed E-state index contributed by atoms with van der Waals surface area (Å²) in [5, 5.41) is 0. The second-order valence-electron chi connectivity index (χ2n) is 4.44. The third-order valence-electron chi connectivity index (χ3n) is 3.10. The van der Waals surface area contributed by atoms with Crippen LogP contribution < -0.4 is 10.6 Å². The number of pyridine rings is 1. The summed E-state index contributed by atoms with van der Waals surface area (Å²) in [6.45, 7) is 1.03. The molecule has 0 aliphatic rings. The summed E-state index contributed by atoms with van der Waals surface area (Å²) in [6.07, 6.45) is 2.54. The summed E-state index contributed by atoms with van der Waals surface area (Å²) in [5.74, 6) is -0.230. The topological polar surface area (TPSA) is 42.2 Å². The Hall–Kier alpha value is -1.94. The van der Waals surface area contributed by atoms with E-state index in [0.29, 0.717) is 18.8 Å². The van der Waals surface area contributed by atoms with E-state index < -0.39 is 0 Å². The number of nitrogens with zero attached hydrogens (tertiary/aromatic N) is 2. The van der Waals surface area contributed by atoms with Crippen LogP contribution in [-0.4, -0.2) is 18.6 Å². The van der Waals surface area contributed by atoms with Crippen molar-refractivity contribution in [2.45, 2.75) is 13.0 Å². The summed E-state index contributed by atoms with van der Waals surface area (Å²) in [4.78, 5) is 6.16. The number of likely N-dealkylation sites (N-methyl/N-ethyl adjacent to an activating group) is 1. The third kappa shape index (κ3) is 3.29. The smallest absolute Gasteiger partial charge is 0.146 e. The van der Waals surface area contributed by atoms with Gasteiger partial charge in [-0.3, -0.25) is 4.98 Å². The summed E-state index contributed by atoms with van der Waals surface area (Å²) >= 11 is 0. The molecule has 4 heteroatoms. The van der Waals surface area contributed by atoms with Crippen molar-refractivity contribution in [1.82, 2.24) is 4.98 Å². The fourth-order valence-corrected chi connectivity index (χ4v) is 2.09. The zero-order chi connectivity index (χ0) is 13.7. The van der Waals surface area contributed by atoms with Crippen LogP contribution in [0.1, 0.15) is 11.3 Å². The van der Waals surface area contributed by atoms with Gasteiger partial charge in [-0.15, -0.1) is 0 Å². The van der Waals surface area contributed by atoms with Crippen LogP contribution >= 0.6 is 0 Å². The average molecular weight is 259 g/mol. The molecular formula is C15H18FN3. The number of nitrogens with two attached hydrogens (primary N) is 1. The quantitative estimate of drug-likeness (QED) is 0.896. The zero-order valence-corrected chi connectivity index (χ0v) is 11.0. The minimum Gasteiger partial charge on any atom is -0.372 e. The van der Waals surface area contributed by atoms with Gasteiger partial charge in [0.2, 0.25) is 0 Å². The average Bonchev–Trinajstić information content (AvgIpc) is 2.45. The molecule has 0 unspecified atom stereocenters. The normalized spacial score (nSPS) is 10.5. The molecule has 1 heterocycles. The van der Waals surface area contributed by atoms with Crippen molar-refractivity contribution in [2.24, 2.45) is 5.73 Å². The lowest BCUT2D eigenvalue weighted by molar-refractivity contribution is 0.619. The number of halogens is 1. The molecular weight excluding hydrogens is 241 g/mol. The minimum atomic E-state index is -0.230. The minimum absolute atomic E-state index is 0.230. The molecule has 0 radical (unpaired) electrons. The van der Waals surface area contributed by atoms with Crippen LogP contribution in [0.15, 0.2) is 42.6 Å². The van der Waals surface area contributed by atoms with E-state index in [0.717, 1.165) is 17.7 Å². The lowest BCUT2D eigenvalue weighted by Gasteiger charge is -2.22. The molecule has 0 bridgehead atoms. The first-order valence-electron chi connectivity index (χ1n) is 6.31. The molecule has 1 aromatic carbocycles. The molecule has 0 spiro atoms. The predicted octanol–water partition coefficient (Wildman–Crippen LogP) is 2.36. The van der Waals surface area contributed by atoms with E-state index in [1.165, 1.54) is 6.07 Å². The van der Waals surface area contributed by atoms with Gasteiger partial charge >= 0.3 is 0 Å². The maximum absolute atomic E-state index is 13.9. The van der Waals surface area contributed by atoms with Crippen LogP contribution in [0.4, 0.5) is 10.1 Å². The Bertz CT molecular complexity index is 528. The Labute approximate surface area is 112 Å². The maximum Gasteiger partial charge on any atom is 0.146 e. The Morgan fingerprint density at radius 2 is 2.05 bits per heavy atom. The lowest BCUT2D eigenvalue weighted by Crippen LogP contribution is -2.23. The highest BCUT2D eigenvalue weighted by atomic mass is 19.1. The first-order valence-corrected chi connectivity index (χ1v) is 6.31. The van der Waals surface area contributed by atoms with Gasteiger partial charge in [0, 0.05) is 38.4 Å². The number of anilines is 1. The lowest BCUT2D eigenvalue weighted by atomic mass is 10.1. The number of hydrogen-bond donors (Lipinski definition) is 1. The van der Waals surface area contributed by atoms with Crippen molar-refractivity contribution in [3.63, 3.8) is 0 Å². The van der Waals surface area contributed by atoms with Gasteiger partial charge in [0.05, 0.1) is 5.69 Å². The van der Waals surface area contributed by atoms with Crippen molar-refractivity contribution in [2.75, 3.05) is 18.5 Å². The molecule has 0 aliphatic heterocycles. The van der Waals surface area contributed by atoms with E-state index in [1.807, 2.05) is 36.2 Å². The molecule has 0 saturated heterocycles. The van der Waals surface area contributed by atoms with E-state index >= 15 is 0 Å². The molecule has 0 saturated carbocycles. The van der Waals surface area contributed by atoms with Crippen LogP contribution in [0.2, 0.25) is 0 Å². The van der Waals surface area contributed by atoms with Gasteiger partial charge in [-0.25, -0.2) is 4.39 Å². The first kappa shape index (κ1) is 13.5. The van der Waals surface area contributed by atoms with E-state index in [4.69, 9.17) is 5.73 Å². The third-order valence-corrected chi connectivity index (χ3v) is 3.10. The highest BCUT2D eigenvalue weighted by molar-refractivity contribution is 5.54. The van der Waals surface area contributed by atoms with Gasteiger partial charge in [0.25, 0.3) is 0 Å². The predicted molar refractivity (Wildman–Crippen MR) is 75.5 cm³/mol. The second kappa shape index (κ2) is 6.29. The SMILES string of the molecule is CN(CCc1ccccn1)c1c(F)cccc1CN. The van der Waals surface area contributed by atoms with Crippen molar-refractivity contribution in [1.29, 1.82) is 0 Å². The highest BCUT2D eigenvalue weighted by Crippen LogP contribution is 2.23. The van der Waals surface area contributed by atoms with Crippen LogP contribution in [0.25, 0.3) is 0 Å².